The van der Waals surface area contributed by atoms with Crippen molar-refractivity contribution in [3.8, 4) is 11.3 Å². The Morgan fingerprint density at radius 1 is 1.21 bits per heavy atom. The summed E-state index contributed by atoms with van der Waals surface area (Å²) < 4.78 is 31.3. The Hall–Kier alpha value is -2.20. The Balaban J connectivity index is 1.50. The van der Waals surface area contributed by atoms with E-state index in [0.717, 1.165) is 26.1 Å². The van der Waals surface area contributed by atoms with Crippen LogP contribution in [0.5, 0.6) is 0 Å². The second-order valence-electron chi connectivity index (χ2n) is 6.41. The Bertz CT molecular complexity index is 1090. The molecule has 2 heterocycles. The number of aromatic nitrogens is 1. The van der Waals surface area contributed by atoms with Gasteiger partial charge in [0.25, 0.3) is 10.0 Å². The average molecular weight is 454 g/mol. The first-order chi connectivity index (χ1) is 13.8. The smallest absolute Gasteiger partial charge is 0.252 e. The van der Waals surface area contributed by atoms with Crippen molar-refractivity contribution in [2.45, 2.75) is 23.6 Å². The van der Waals surface area contributed by atoms with E-state index in [1.807, 2.05) is 12.1 Å². The average Bonchev–Trinajstić information content (AvgIpc) is 3.35. The monoisotopic (exact) mass is 453 g/mol. The predicted octanol–water partition coefficient (Wildman–Crippen LogP) is 3.56. The van der Waals surface area contributed by atoms with Crippen LogP contribution in [0.2, 0.25) is 5.02 Å². The molecule has 1 aromatic carbocycles. The summed E-state index contributed by atoms with van der Waals surface area (Å²) in [4.78, 5) is 17.1. The summed E-state index contributed by atoms with van der Waals surface area (Å²) in [5.74, 6) is 0.924. The van der Waals surface area contributed by atoms with Gasteiger partial charge in [-0.1, -0.05) is 11.6 Å². The molecule has 3 aromatic rings. The molecule has 1 amide bonds. The third-order valence-corrected chi connectivity index (χ3v) is 7.70. The van der Waals surface area contributed by atoms with Crippen LogP contribution in [0.25, 0.3) is 11.3 Å². The van der Waals surface area contributed by atoms with Crippen LogP contribution in [-0.4, -0.2) is 37.7 Å². The van der Waals surface area contributed by atoms with Crippen molar-refractivity contribution in [3.63, 3.8) is 0 Å². The lowest BCUT2D eigenvalue weighted by molar-refractivity contribution is -0.121. The van der Waals surface area contributed by atoms with E-state index in [9.17, 15) is 13.2 Å². The van der Waals surface area contributed by atoms with Gasteiger partial charge in [-0.2, -0.15) is 0 Å². The number of carbonyl (C=O) groups excluding carboxylic acids is 1. The van der Waals surface area contributed by atoms with Crippen molar-refractivity contribution >= 4 is 38.9 Å². The zero-order valence-electron chi connectivity index (χ0n) is 15.9. The summed E-state index contributed by atoms with van der Waals surface area (Å²) >= 11 is 7.02. The fraction of sp³-hybridized carbons (Fsp3) is 0.263. The molecule has 0 aliphatic heterocycles. The second-order valence-corrected chi connectivity index (χ2v) is 10.4. The number of thiophene rings is 1. The normalized spacial score (nSPS) is 11.7. The topological polar surface area (TPSA) is 92.5 Å². The van der Waals surface area contributed by atoms with Gasteiger partial charge in [-0.15, -0.1) is 11.3 Å². The van der Waals surface area contributed by atoms with Crippen LogP contribution in [0.15, 0.2) is 51.2 Å². The van der Waals surface area contributed by atoms with Crippen LogP contribution in [0.4, 0.5) is 0 Å². The molecule has 0 radical (unpaired) electrons. The Morgan fingerprint density at radius 3 is 2.62 bits per heavy atom. The van der Waals surface area contributed by atoms with Gasteiger partial charge in [-0.05, 0) is 36.4 Å². The summed E-state index contributed by atoms with van der Waals surface area (Å²) in [7, 11) is -0.485. The molecule has 0 aliphatic carbocycles. The highest BCUT2D eigenvalue weighted by Gasteiger charge is 2.19. The second kappa shape index (κ2) is 9.08. The van der Waals surface area contributed by atoms with Crippen molar-refractivity contribution < 1.29 is 17.6 Å². The minimum Gasteiger partial charge on any atom is -0.441 e. The number of rotatable bonds is 8. The number of nitrogens with zero attached hydrogens (tertiary/aromatic N) is 2. The van der Waals surface area contributed by atoms with E-state index < -0.39 is 10.0 Å². The third kappa shape index (κ3) is 5.45. The quantitative estimate of drug-likeness (QED) is 0.563. The van der Waals surface area contributed by atoms with Crippen LogP contribution in [0.1, 0.15) is 17.2 Å². The summed E-state index contributed by atoms with van der Waals surface area (Å²) in [6.07, 6.45) is 2.20. The first kappa shape index (κ1) is 21.5. The van der Waals surface area contributed by atoms with E-state index >= 15 is 0 Å². The minimum atomic E-state index is -3.45. The Labute approximate surface area is 178 Å². The lowest BCUT2D eigenvalue weighted by Gasteiger charge is -2.08. The summed E-state index contributed by atoms with van der Waals surface area (Å²) in [5, 5.41) is 3.43. The fourth-order valence-corrected chi connectivity index (χ4v) is 5.03. The van der Waals surface area contributed by atoms with Crippen molar-refractivity contribution in [2.75, 3.05) is 14.1 Å². The Morgan fingerprint density at radius 2 is 1.93 bits per heavy atom. The molecule has 0 bridgehead atoms. The van der Waals surface area contributed by atoms with Crippen LogP contribution in [-0.2, 0) is 27.8 Å². The summed E-state index contributed by atoms with van der Waals surface area (Å²) in [6.45, 7) is 0.272. The number of oxazole rings is 1. The summed E-state index contributed by atoms with van der Waals surface area (Å²) in [5.41, 5.74) is 0.860. The lowest BCUT2D eigenvalue weighted by Crippen LogP contribution is -2.22. The van der Waals surface area contributed by atoms with Gasteiger partial charge in [0.1, 0.15) is 4.21 Å². The lowest BCUT2D eigenvalue weighted by atomic mass is 10.2. The van der Waals surface area contributed by atoms with Crippen LogP contribution < -0.4 is 5.32 Å². The van der Waals surface area contributed by atoms with Gasteiger partial charge in [-0.25, -0.2) is 17.7 Å². The molecule has 0 saturated heterocycles. The molecule has 1 N–H and O–H groups in total. The van der Waals surface area contributed by atoms with Gasteiger partial charge in [-0.3, -0.25) is 4.79 Å². The predicted molar refractivity (Wildman–Crippen MR) is 112 cm³/mol. The van der Waals surface area contributed by atoms with Crippen LogP contribution >= 0.6 is 22.9 Å². The van der Waals surface area contributed by atoms with E-state index in [2.05, 4.69) is 10.3 Å². The first-order valence-electron chi connectivity index (χ1n) is 8.74. The third-order valence-electron chi connectivity index (χ3n) is 4.08. The number of hydrogen-bond donors (Lipinski definition) is 1. The van der Waals surface area contributed by atoms with Gasteiger partial charge in [0.2, 0.25) is 5.91 Å². The molecule has 0 unspecified atom stereocenters. The standard InChI is InChI=1S/C19H20ClN3O4S2/c1-23(2)29(25,26)19-10-7-15(28-19)11-21-17(24)8-9-18-22-12-16(27-18)13-3-5-14(20)6-4-13/h3-7,10,12H,8-9,11H2,1-2H3,(H,21,24). The maximum absolute atomic E-state index is 12.1. The SMILES string of the molecule is CN(C)S(=O)(=O)c1ccc(CNC(=O)CCc2ncc(-c3ccc(Cl)cc3)o2)s1. The van der Waals surface area contributed by atoms with Crippen molar-refractivity contribution in [3.05, 3.63) is 58.4 Å². The van der Waals surface area contributed by atoms with Crippen LogP contribution in [0.3, 0.4) is 0 Å². The van der Waals surface area contributed by atoms with Gasteiger partial charge < -0.3 is 9.73 Å². The molecule has 29 heavy (non-hydrogen) atoms. The van der Waals surface area contributed by atoms with Gasteiger partial charge >= 0.3 is 0 Å². The zero-order chi connectivity index (χ0) is 21.0. The van der Waals surface area contributed by atoms with E-state index in [-0.39, 0.29) is 23.1 Å². The minimum absolute atomic E-state index is 0.165. The van der Waals surface area contributed by atoms with Gasteiger partial charge in [0.15, 0.2) is 11.7 Å². The molecule has 10 heteroatoms. The van der Waals surface area contributed by atoms with E-state index in [1.165, 1.54) is 14.1 Å². The summed E-state index contributed by atoms with van der Waals surface area (Å²) in [6, 6.07) is 10.5. The maximum atomic E-state index is 12.1. The Kier molecular flexibility index (Phi) is 6.74. The van der Waals surface area contributed by atoms with Crippen molar-refractivity contribution in [1.29, 1.82) is 0 Å². The van der Waals surface area contributed by atoms with E-state index in [0.29, 0.717) is 23.1 Å². The number of benzene rings is 1. The molecule has 0 spiro atoms. The van der Waals surface area contributed by atoms with E-state index in [1.54, 1.807) is 30.5 Å². The molecule has 3 rings (SSSR count). The fourth-order valence-electron chi connectivity index (χ4n) is 2.44. The highest BCUT2D eigenvalue weighted by molar-refractivity contribution is 7.91. The van der Waals surface area contributed by atoms with E-state index in [4.69, 9.17) is 16.0 Å². The maximum Gasteiger partial charge on any atom is 0.252 e. The van der Waals surface area contributed by atoms with Crippen molar-refractivity contribution in [2.24, 2.45) is 0 Å². The zero-order valence-corrected chi connectivity index (χ0v) is 18.3. The number of halogens is 1. The molecular weight excluding hydrogens is 434 g/mol. The molecule has 2 aromatic heterocycles. The molecule has 0 atom stereocenters. The molecule has 0 fully saturated rings. The number of nitrogens with one attached hydrogen (secondary N) is 1. The molecule has 7 nitrogen and oxygen atoms in total. The number of aryl methyl sites for hydroxylation is 1. The largest absolute Gasteiger partial charge is 0.441 e. The number of sulfonamides is 1. The molecular formula is C19H20ClN3O4S2. The highest BCUT2D eigenvalue weighted by atomic mass is 35.5. The van der Waals surface area contributed by atoms with Crippen LogP contribution in [0, 0.1) is 0 Å². The molecule has 0 saturated carbocycles. The van der Waals surface area contributed by atoms with Gasteiger partial charge in [0, 0.05) is 42.4 Å². The highest BCUT2D eigenvalue weighted by Crippen LogP contribution is 2.24. The molecule has 0 aliphatic rings. The number of amides is 1. The first-order valence-corrected chi connectivity index (χ1v) is 11.4. The number of hydrogen-bond acceptors (Lipinski definition) is 6. The number of carbonyl (C=O) groups is 1. The van der Waals surface area contributed by atoms with Crippen molar-refractivity contribution in [1.82, 2.24) is 14.6 Å². The van der Waals surface area contributed by atoms with Gasteiger partial charge in [0.05, 0.1) is 12.7 Å². The molecule has 154 valence electrons.